The van der Waals surface area contributed by atoms with Crippen LogP contribution in [0, 0.1) is 13.8 Å². The van der Waals surface area contributed by atoms with Crippen LogP contribution in [0.3, 0.4) is 0 Å². The molecule has 1 heterocycles. The number of aryl methyl sites for hydroxylation is 2. The second-order valence-corrected chi connectivity index (χ2v) is 7.06. The van der Waals surface area contributed by atoms with Gasteiger partial charge in [-0.05, 0) is 45.4 Å². The van der Waals surface area contributed by atoms with E-state index in [0.717, 1.165) is 41.9 Å². The third kappa shape index (κ3) is 7.13. The molecule has 1 unspecified atom stereocenters. The molecule has 0 fully saturated rings. The summed E-state index contributed by atoms with van der Waals surface area (Å²) in [6, 6.07) is 8.09. The van der Waals surface area contributed by atoms with Gasteiger partial charge in [-0.25, -0.2) is 9.98 Å². The third-order valence-corrected chi connectivity index (χ3v) is 4.34. The summed E-state index contributed by atoms with van der Waals surface area (Å²) >= 11 is 1.69. The molecule has 1 aromatic carbocycles. The first-order valence-corrected chi connectivity index (χ1v) is 9.61. The van der Waals surface area contributed by atoms with Crippen molar-refractivity contribution in [3.05, 3.63) is 45.9 Å². The number of hydrogen-bond donors (Lipinski definition) is 2. The van der Waals surface area contributed by atoms with E-state index in [0.29, 0.717) is 6.54 Å². The summed E-state index contributed by atoms with van der Waals surface area (Å²) in [5, 5.41) is 9.84. The van der Waals surface area contributed by atoms with Crippen LogP contribution in [-0.4, -0.2) is 36.7 Å². The number of nitrogens with one attached hydrogen (secondary N) is 2. The molecule has 0 aliphatic heterocycles. The average molecular weight is 361 g/mol. The standard InChI is InChI=1S/C19H28N4OS/c1-5-20-19(21-10-9-17-13-25-16(4)23-17)22-12-15(3)24-18-8-6-7-14(2)11-18/h6-8,11,13,15H,5,9-10,12H2,1-4H3,(H2,20,21,22). The summed E-state index contributed by atoms with van der Waals surface area (Å²) < 4.78 is 5.93. The van der Waals surface area contributed by atoms with E-state index in [4.69, 9.17) is 4.74 Å². The molecule has 0 aliphatic rings. The number of aliphatic imine (C=N–C) groups is 1. The highest BCUT2D eigenvalue weighted by Crippen LogP contribution is 2.14. The number of thiazole rings is 1. The zero-order valence-electron chi connectivity index (χ0n) is 15.5. The Morgan fingerprint density at radius 2 is 2.16 bits per heavy atom. The molecule has 0 spiro atoms. The lowest BCUT2D eigenvalue weighted by atomic mass is 10.2. The lowest BCUT2D eigenvalue weighted by Crippen LogP contribution is -2.39. The van der Waals surface area contributed by atoms with E-state index in [1.807, 2.05) is 32.0 Å². The van der Waals surface area contributed by atoms with E-state index < -0.39 is 0 Å². The van der Waals surface area contributed by atoms with Crippen molar-refractivity contribution < 1.29 is 4.74 Å². The molecular formula is C19H28N4OS. The van der Waals surface area contributed by atoms with E-state index in [2.05, 4.69) is 45.9 Å². The van der Waals surface area contributed by atoms with E-state index in [1.54, 1.807) is 11.3 Å². The smallest absolute Gasteiger partial charge is 0.191 e. The monoisotopic (exact) mass is 360 g/mol. The minimum Gasteiger partial charge on any atom is -0.489 e. The number of guanidine groups is 1. The van der Waals surface area contributed by atoms with Crippen molar-refractivity contribution in [2.24, 2.45) is 4.99 Å². The SMILES string of the molecule is CCNC(=NCC(C)Oc1cccc(C)c1)NCCc1csc(C)n1. The van der Waals surface area contributed by atoms with Crippen molar-refractivity contribution in [3.63, 3.8) is 0 Å². The predicted octanol–water partition coefficient (Wildman–Crippen LogP) is 3.33. The van der Waals surface area contributed by atoms with Gasteiger partial charge in [0.2, 0.25) is 0 Å². The Morgan fingerprint density at radius 1 is 1.32 bits per heavy atom. The van der Waals surface area contributed by atoms with Crippen LogP contribution in [0.1, 0.15) is 30.1 Å². The number of rotatable bonds is 8. The van der Waals surface area contributed by atoms with E-state index in [9.17, 15) is 0 Å². The largest absolute Gasteiger partial charge is 0.489 e. The lowest BCUT2D eigenvalue weighted by Gasteiger charge is -2.15. The van der Waals surface area contributed by atoms with Crippen LogP contribution in [0.15, 0.2) is 34.6 Å². The number of benzene rings is 1. The van der Waals surface area contributed by atoms with Crippen LogP contribution in [-0.2, 0) is 6.42 Å². The van der Waals surface area contributed by atoms with Gasteiger partial charge in [-0.15, -0.1) is 11.3 Å². The van der Waals surface area contributed by atoms with Crippen LogP contribution < -0.4 is 15.4 Å². The Balaban J connectivity index is 1.81. The van der Waals surface area contributed by atoms with Crippen molar-refractivity contribution >= 4 is 17.3 Å². The van der Waals surface area contributed by atoms with Crippen molar-refractivity contribution in [2.75, 3.05) is 19.6 Å². The minimum atomic E-state index is 0.0125. The van der Waals surface area contributed by atoms with Crippen molar-refractivity contribution in [1.29, 1.82) is 0 Å². The summed E-state index contributed by atoms with van der Waals surface area (Å²) in [5.41, 5.74) is 2.32. The van der Waals surface area contributed by atoms with Crippen LogP contribution >= 0.6 is 11.3 Å². The molecule has 1 atom stereocenters. The maximum atomic E-state index is 5.93. The second-order valence-electron chi connectivity index (χ2n) is 6.00. The number of nitrogens with zero attached hydrogens (tertiary/aromatic N) is 2. The average Bonchev–Trinajstić information content (AvgIpc) is 2.98. The normalized spacial score (nSPS) is 12.7. The molecule has 0 saturated carbocycles. The molecule has 136 valence electrons. The molecule has 0 saturated heterocycles. The first kappa shape index (κ1) is 19.2. The van der Waals surface area contributed by atoms with Crippen molar-refractivity contribution in [1.82, 2.24) is 15.6 Å². The molecule has 2 N–H and O–H groups in total. The van der Waals surface area contributed by atoms with Crippen LogP contribution in [0.5, 0.6) is 5.75 Å². The number of ether oxygens (including phenoxy) is 1. The molecule has 6 heteroatoms. The molecule has 0 amide bonds. The topological polar surface area (TPSA) is 58.5 Å². The molecule has 2 rings (SSSR count). The van der Waals surface area contributed by atoms with Gasteiger partial charge in [0.1, 0.15) is 11.9 Å². The number of aromatic nitrogens is 1. The minimum absolute atomic E-state index is 0.0125. The Bertz CT molecular complexity index is 684. The summed E-state index contributed by atoms with van der Waals surface area (Å²) in [4.78, 5) is 9.10. The van der Waals surface area contributed by atoms with Crippen LogP contribution in [0.2, 0.25) is 0 Å². The Morgan fingerprint density at radius 3 is 2.84 bits per heavy atom. The molecule has 0 aliphatic carbocycles. The molecule has 0 radical (unpaired) electrons. The molecule has 25 heavy (non-hydrogen) atoms. The van der Waals surface area contributed by atoms with Gasteiger partial charge in [0.25, 0.3) is 0 Å². The molecule has 1 aromatic heterocycles. The summed E-state index contributed by atoms with van der Waals surface area (Å²) in [6.07, 6.45) is 0.905. The van der Waals surface area contributed by atoms with E-state index in [-0.39, 0.29) is 6.10 Å². The summed E-state index contributed by atoms with van der Waals surface area (Å²) in [7, 11) is 0. The van der Waals surface area contributed by atoms with Gasteiger partial charge in [0.05, 0.1) is 17.2 Å². The highest BCUT2D eigenvalue weighted by Gasteiger charge is 2.05. The number of hydrogen-bond acceptors (Lipinski definition) is 4. The molecule has 2 aromatic rings. The van der Waals surface area contributed by atoms with Gasteiger partial charge in [-0.3, -0.25) is 0 Å². The van der Waals surface area contributed by atoms with Crippen molar-refractivity contribution in [2.45, 2.75) is 40.2 Å². The maximum Gasteiger partial charge on any atom is 0.191 e. The van der Waals surface area contributed by atoms with E-state index in [1.165, 1.54) is 5.56 Å². The fourth-order valence-corrected chi connectivity index (χ4v) is 3.00. The fraction of sp³-hybridized carbons (Fsp3) is 0.474. The van der Waals surface area contributed by atoms with Gasteiger partial charge in [-0.1, -0.05) is 12.1 Å². The van der Waals surface area contributed by atoms with Crippen LogP contribution in [0.4, 0.5) is 0 Å². The molecule has 5 nitrogen and oxygen atoms in total. The second kappa shape index (κ2) is 10.0. The first-order valence-electron chi connectivity index (χ1n) is 8.73. The van der Waals surface area contributed by atoms with Crippen LogP contribution in [0.25, 0.3) is 0 Å². The fourth-order valence-electron chi connectivity index (χ4n) is 2.35. The van der Waals surface area contributed by atoms with Gasteiger partial charge < -0.3 is 15.4 Å². The summed E-state index contributed by atoms with van der Waals surface area (Å²) in [6.45, 7) is 10.4. The third-order valence-electron chi connectivity index (χ3n) is 3.52. The zero-order chi connectivity index (χ0) is 18.1. The Labute approximate surface area is 154 Å². The van der Waals surface area contributed by atoms with Crippen molar-refractivity contribution in [3.8, 4) is 5.75 Å². The first-order chi connectivity index (χ1) is 12.1. The zero-order valence-corrected chi connectivity index (χ0v) is 16.3. The molecular weight excluding hydrogens is 332 g/mol. The highest BCUT2D eigenvalue weighted by molar-refractivity contribution is 7.09. The molecule has 0 bridgehead atoms. The Hall–Kier alpha value is -2.08. The van der Waals surface area contributed by atoms with Gasteiger partial charge in [0, 0.05) is 24.9 Å². The highest BCUT2D eigenvalue weighted by atomic mass is 32.1. The summed E-state index contributed by atoms with van der Waals surface area (Å²) in [5.74, 6) is 1.70. The van der Waals surface area contributed by atoms with E-state index >= 15 is 0 Å². The van der Waals surface area contributed by atoms with Gasteiger partial charge in [0.15, 0.2) is 5.96 Å². The quantitative estimate of drug-likeness (QED) is 0.560. The maximum absolute atomic E-state index is 5.93. The van der Waals surface area contributed by atoms with Gasteiger partial charge in [-0.2, -0.15) is 0 Å². The Kier molecular flexibility index (Phi) is 7.73. The van der Waals surface area contributed by atoms with Gasteiger partial charge >= 0.3 is 0 Å². The lowest BCUT2D eigenvalue weighted by molar-refractivity contribution is 0.230. The predicted molar refractivity (Wildman–Crippen MR) is 106 cm³/mol.